The summed E-state index contributed by atoms with van der Waals surface area (Å²) in [5, 5.41) is 0. The molecular formula is C4H8P. The monoisotopic (exact) mass is 87.0 g/mol. The summed E-state index contributed by atoms with van der Waals surface area (Å²) in [5.74, 6) is 1.90. The van der Waals surface area contributed by atoms with Gasteiger partial charge in [-0.15, -0.1) is 0 Å². The summed E-state index contributed by atoms with van der Waals surface area (Å²) in [7, 11) is 1.34. The summed E-state index contributed by atoms with van der Waals surface area (Å²) in [6, 6.07) is 0. The van der Waals surface area contributed by atoms with Crippen molar-refractivity contribution in [2.45, 2.75) is 6.92 Å². The Bertz CT molecular complexity index is 24.8. The zero-order chi connectivity index (χ0) is 4.12. The van der Waals surface area contributed by atoms with Crippen LogP contribution < -0.4 is 0 Å². The molecule has 1 heteroatoms. The third kappa shape index (κ3) is 4.17. The number of hydrogen-bond donors (Lipinski definition) is 0. The summed E-state index contributed by atoms with van der Waals surface area (Å²) in [6.07, 6.45) is 1.20. The third-order valence-corrected chi connectivity index (χ3v) is 0.935. The Morgan fingerprint density at radius 1 is 2.00 bits per heavy atom. The van der Waals surface area contributed by atoms with Crippen molar-refractivity contribution in [2.24, 2.45) is 0 Å². The van der Waals surface area contributed by atoms with Gasteiger partial charge in [0.1, 0.15) is 0 Å². The molecule has 0 aromatic rings. The van der Waals surface area contributed by atoms with Crippen LogP contribution in [0.4, 0.5) is 0 Å². The largest absolute Gasteiger partial charge is 0.0982 e. The van der Waals surface area contributed by atoms with Gasteiger partial charge >= 0.3 is 0 Å². The van der Waals surface area contributed by atoms with Crippen molar-refractivity contribution in [3.05, 3.63) is 12.4 Å². The average molecular weight is 87.1 g/mol. The molecule has 0 N–H and O–H groups in total. The second-order valence-corrected chi connectivity index (χ2v) is 2.04. The molecule has 0 spiro atoms. The van der Waals surface area contributed by atoms with Gasteiger partial charge in [0.05, 0.1) is 0 Å². The normalized spacial score (nSPS) is 9.80. The van der Waals surface area contributed by atoms with Gasteiger partial charge in [0.25, 0.3) is 0 Å². The zero-order valence-corrected chi connectivity index (χ0v) is 4.33. The van der Waals surface area contributed by atoms with E-state index in [-0.39, 0.29) is 0 Å². The van der Waals surface area contributed by atoms with Crippen molar-refractivity contribution >= 4 is 8.58 Å². The molecule has 0 aromatic carbocycles. The van der Waals surface area contributed by atoms with E-state index >= 15 is 0 Å². The van der Waals surface area contributed by atoms with Crippen molar-refractivity contribution in [3.63, 3.8) is 0 Å². The fourth-order valence-electron chi connectivity index (χ4n) is 0.129. The van der Waals surface area contributed by atoms with E-state index in [0.29, 0.717) is 0 Å². The Kier molecular flexibility index (Phi) is 4.31. The van der Waals surface area contributed by atoms with Gasteiger partial charge in [0.15, 0.2) is 0 Å². The maximum absolute atomic E-state index is 3.54. The maximum Gasteiger partial charge on any atom is -0.0278 e. The Morgan fingerprint density at radius 3 is 2.60 bits per heavy atom. The van der Waals surface area contributed by atoms with Crippen molar-refractivity contribution in [2.75, 3.05) is 6.16 Å². The Balaban J connectivity index is 2.40. The third-order valence-electron chi connectivity index (χ3n) is 0.312. The Hall–Kier alpha value is 0.170. The first-order chi connectivity index (χ1) is 2.41. The van der Waals surface area contributed by atoms with Crippen LogP contribution in [0.2, 0.25) is 0 Å². The topological polar surface area (TPSA) is 0 Å². The van der Waals surface area contributed by atoms with Crippen LogP contribution in [0.15, 0.2) is 12.4 Å². The van der Waals surface area contributed by atoms with Crippen molar-refractivity contribution in [1.82, 2.24) is 0 Å². The van der Waals surface area contributed by atoms with Crippen LogP contribution in [0.1, 0.15) is 6.92 Å². The van der Waals surface area contributed by atoms with Gasteiger partial charge < -0.3 is 0 Å². The first-order valence-electron chi connectivity index (χ1n) is 1.69. The lowest BCUT2D eigenvalue weighted by Gasteiger charge is -1.72. The van der Waals surface area contributed by atoms with Crippen LogP contribution in [0, 0.1) is 0 Å². The minimum Gasteiger partial charge on any atom is -0.0982 e. The van der Waals surface area contributed by atoms with E-state index in [4.69, 9.17) is 0 Å². The molecule has 0 saturated heterocycles. The summed E-state index contributed by atoms with van der Waals surface area (Å²) in [6.45, 7) is 5.67. The molecule has 0 unspecified atom stereocenters. The number of rotatable bonds is 2. The van der Waals surface area contributed by atoms with Crippen LogP contribution in [0.25, 0.3) is 0 Å². The second-order valence-electron chi connectivity index (χ2n) is 0.681. The van der Waals surface area contributed by atoms with Crippen LogP contribution >= 0.6 is 8.58 Å². The molecule has 29 valence electrons. The molecule has 0 saturated carbocycles. The minimum atomic E-state index is 1.20. The van der Waals surface area contributed by atoms with E-state index in [0.717, 1.165) is 0 Å². The average Bonchev–Trinajstić information content (AvgIpc) is 1.41. The van der Waals surface area contributed by atoms with E-state index in [1.54, 1.807) is 0 Å². The van der Waals surface area contributed by atoms with Crippen LogP contribution in [-0.4, -0.2) is 6.16 Å². The Morgan fingerprint density at radius 2 is 2.60 bits per heavy atom. The zero-order valence-electron chi connectivity index (χ0n) is 3.44. The lowest BCUT2D eigenvalue weighted by molar-refractivity contribution is 1.52. The molecule has 0 aliphatic rings. The van der Waals surface area contributed by atoms with Crippen molar-refractivity contribution in [1.29, 1.82) is 0 Å². The molecule has 0 aliphatic carbocycles. The van der Waals surface area contributed by atoms with E-state index < -0.39 is 0 Å². The van der Waals surface area contributed by atoms with Crippen molar-refractivity contribution in [3.8, 4) is 0 Å². The summed E-state index contributed by atoms with van der Waals surface area (Å²) in [5.41, 5.74) is 0. The molecule has 1 radical (unpaired) electrons. The quantitative estimate of drug-likeness (QED) is 0.452. The highest BCUT2D eigenvalue weighted by Gasteiger charge is 1.62. The van der Waals surface area contributed by atoms with E-state index in [1.807, 2.05) is 5.82 Å². The lowest BCUT2D eigenvalue weighted by Crippen LogP contribution is -1.46. The molecule has 0 aliphatic heterocycles. The van der Waals surface area contributed by atoms with Gasteiger partial charge in [-0.05, 0) is 6.16 Å². The first-order valence-corrected chi connectivity index (χ1v) is 2.84. The van der Waals surface area contributed by atoms with Gasteiger partial charge in [0.2, 0.25) is 0 Å². The summed E-state index contributed by atoms with van der Waals surface area (Å²) < 4.78 is 0. The molecule has 0 atom stereocenters. The van der Waals surface area contributed by atoms with Gasteiger partial charge in [-0.1, -0.05) is 27.9 Å². The summed E-state index contributed by atoms with van der Waals surface area (Å²) >= 11 is 0. The SMILES string of the molecule is C=C[P]CC. The minimum absolute atomic E-state index is 1.20. The predicted molar refractivity (Wildman–Crippen MR) is 27.7 cm³/mol. The highest BCUT2D eigenvalue weighted by atomic mass is 31.1. The Labute approximate surface area is 35.1 Å². The molecule has 0 nitrogen and oxygen atoms in total. The van der Waals surface area contributed by atoms with E-state index in [1.165, 1.54) is 14.7 Å². The molecule has 0 heterocycles. The maximum atomic E-state index is 3.54. The molecule has 5 heavy (non-hydrogen) atoms. The smallest absolute Gasteiger partial charge is 0.0278 e. The molecule has 0 amide bonds. The van der Waals surface area contributed by atoms with Gasteiger partial charge in [-0.2, -0.15) is 0 Å². The van der Waals surface area contributed by atoms with Gasteiger partial charge in [-0.3, -0.25) is 0 Å². The second kappa shape index (κ2) is 4.17. The molecule has 0 bridgehead atoms. The molecule has 0 rings (SSSR count). The summed E-state index contributed by atoms with van der Waals surface area (Å²) in [4.78, 5) is 0. The first kappa shape index (κ1) is 5.17. The van der Waals surface area contributed by atoms with Crippen molar-refractivity contribution < 1.29 is 0 Å². The highest BCUT2D eigenvalue weighted by molar-refractivity contribution is 7.41. The fraction of sp³-hybridized carbons (Fsp3) is 0.500. The van der Waals surface area contributed by atoms with Crippen LogP contribution in [-0.2, 0) is 0 Å². The van der Waals surface area contributed by atoms with Gasteiger partial charge in [-0.25, -0.2) is 0 Å². The van der Waals surface area contributed by atoms with E-state index in [2.05, 4.69) is 13.5 Å². The van der Waals surface area contributed by atoms with Crippen LogP contribution in [0.5, 0.6) is 0 Å². The fourth-order valence-corrected chi connectivity index (χ4v) is 0.387. The lowest BCUT2D eigenvalue weighted by atomic mass is 11.0. The molecule has 0 fully saturated rings. The molecular weight excluding hydrogens is 79.0 g/mol. The molecule has 0 aromatic heterocycles. The predicted octanol–water partition coefficient (Wildman–Crippen LogP) is 2.10. The highest BCUT2D eigenvalue weighted by Crippen LogP contribution is 2.05. The van der Waals surface area contributed by atoms with Crippen LogP contribution in [0.3, 0.4) is 0 Å². The standard InChI is InChI=1S/C4H8P/c1-3-5-4-2/h3H,1,4H2,2H3. The number of hydrogen-bond acceptors (Lipinski definition) is 0. The van der Waals surface area contributed by atoms with E-state index in [9.17, 15) is 0 Å². The van der Waals surface area contributed by atoms with Gasteiger partial charge in [0, 0.05) is 0 Å².